The average Bonchev–Trinajstić information content (AvgIpc) is 2.91. The Labute approximate surface area is 120 Å². The molecule has 0 spiro atoms. The van der Waals surface area contributed by atoms with Gasteiger partial charge in [0.05, 0.1) is 18.4 Å². The van der Waals surface area contributed by atoms with Gasteiger partial charge in [-0.3, -0.25) is 9.58 Å². The van der Waals surface area contributed by atoms with Crippen molar-refractivity contribution in [2.24, 2.45) is 7.05 Å². The Balaban J connectivity index is 0.00000133. The monoisotopic (exact) mass is 286 g/mol. The predicted molar refractivity (Wildman–Crippen MR) is 76.7 cm³/mol. The van der Waals surface area contributed by atoms with E-state index in [1.807, 2.05) is 11.7 Å². The zero-order chi connectivity index (χ0) is 12.7. The molecule has 0 radical (unpaired) electrons. The zero-order valence-corrected chi connectivity index (χ0v) is 12.7. The maximum absolute atomic E-state index is 5.81. The van der Waals surface area contributed by atoms with Gasteiger partial charge in [0.2, 0.25) is 0 Å². The van der Waals surface area contributed by atoms with Crippen LogP contribution in [0.2, 0.25) is 0 Å². The van der Waals surface area contributed by atoms with Gasteiger partial charge in [0, 0.05) is 50.5 Å². The van der Waals surface area contributed by atoms with E-state index in [9.17, 15) is 0 Å². The van der Waals surface area contributed by atoms with Crippen LogP contribution in [-0.2, 0) is 18.3 Å². The van der Waals surface area contributed by atoms with Crippen LogP contribution in [0.5, 0.6) is 0 Å². The van der Waals surface area contributed by atoms with Crippen LogP contribution in [0.15, 0.2) is 0 Å². The third kappa shape index (κ3) is 2.65. The Morgan fingerprint density at radius 2 is 2.16 bits per heavy atom. The molecule has 0 saturated carbocycles. The summed E-state index contributed by atoms with van der Waals surface area (Å²) in [5.41, 5.74) is 3.82. The van der Waals surface area contributed by atoms with Crippen molar-refractivity contribution in [1.29, 1.82) is 0 Å². The maximum atomic E-state index is 5.81. The van der Waals surface area contributed by atoms with Gasteiger partial charge in [0.1, 0.15) is 0 Å². The summed E-state index contributed by atoms with van der Waals surface area (Å²) in [5.74, 6) is 0. The highest BCUT2D eigenvalue weighted by atomic mass is 35.5. The van der Waals surface area contributed by atoms with Crippen LogP contribution in [0.25, 0.3) is 0 Å². The van der Waals surface area contributed by atoms with E-state index in [2.05, 4.69) is 29.2 Å². The van der Waals surface area contributed by atoms with Crippen molar-refractivity contribution < 1.29 is 4.74 Å². The second-order valence-electron chi connectivity index (χ2n) is 5.38. The van der Waals surface area contributed by atoms with Gasteiger partial charge in [0.25, 0.3) is 0 Å². The topological polar surface area (TPSA) is 42.3 Å². The summed E-state index contributed by atoms with van der Waals surface area (Å²) in [6.45, 7) is 9.16. The molecule has 5 nitrogen and oxygen atoms in total. The van der Waals surface area contributed by atoms with E-state index in [1.54, 1.807) is 0 Å². The maximum Gasteiger partial charge on any atom is 0.0867 e. The molecular formula is C13H23ClN4O. The minimum absolute atomic E-state index is 0. The lowest BCUT2D eigenvalue weighted by Crippen LogP contribution is -2.50. The molecule has 3 heterocycles. The van der Waals surface area contributed by atoms with Crippen LogP contribution in [-0.4, -0.2) is 53.1 Å². The second-order valence-corrected chi connectivity index (χ2v) is 5.38. The van der Waals surface area contributed by atoms with Crippen LogP contribution < -0.4 is 5.32 Å². The Kier molecular flexibility index (Phi) is 4.50. The normalized spacial score (nSPS) is 27.1. The Morgan fingerprint density at radius 1 is 1.37 bits per heavy atom. The molecule has 1 aromatic heterocycles. The summed E-state index contributed by atoms with van der Waals surface area (Å²) in [7, 11) is 2.02. The molecule has 1 N–H and O–H groups in total. The fourth-order valence-electron chi connectivity index (χ4n) is 3.11. The first-order chi connectivity index (χ1) is 8.66. The van der Waals surface area contributed by atoms with E-state index in [1.165, 1.54) is 11.3 Å². The van der Waals surface area contributed by atoms with E-state index in [0.717, 1.165) is 38.5 Å². The molecule has 0 amide bonds. The van der Waals surface area contributed by atoms with E-state index < -0.39 is 0 Å². The van der Waals surface area contributed by atoms with Crippen LogP contribution >= 0.6 is 12.4 Å². The van der Waals surface area contributed by atoms with E-state index in [0.29, 0.717) is 12.1 Å². The lowest BCUT2D eigenvalue weighted by atomic mass is 10.1. The van der Waals surface area contributed by atoms with Crippen molar-refractivity contribution in [1.82, 2.24) is 20.0 Å². The van der Waals surface area contributed by atoms with Crippen LogP contribution in [0.3, 0.4) is 0 Å². The molecule has 0 bridgehead atoms. The van der Waals surface area contributed by atoms with Crippen molar-refractivity contribution in [2.75, 3.05) is 26.2 Å². The van der Waals surface area contributed by atoms with Gasteiger partial charge in [-0.15, -0.1) is 12.4 Å². The molecule has 3 rings (SSSR count). The highest BCUT2D eigenvalue weighted by molar-refractivity contribution is 5.85. The number of rotatable bonds is 2. The SMILES string of the molecule is Cc1nn(C)c(C)c1CN1CCO[C@H]2CNC[C@H]21.Cl. The molecular weight excluding hydrogens is 264 g/mol. The molecule has 19 heavy (non-hydrogen) atoms. The standard InChI is InChI=1S/C13H22N4O.ClH/c1-9-11(10(2)16(3)15-9)8-17-4-5-18-13-7-14-6-12(13)17;/h12-14H,4-8H2,1-3H3;1H/t12-,13+;/m1./s1. The quantitative estimate of drug-likeness (QED) is 0.866. The summed E-state index contributed by atoms with van der Waals surface area (Å²) in [5, 5.41) is 7.93. The predicted octanol–water partition coefficient (Wildman–Crippen LogP) is 0.631. The summed E-state index contributed by atoms with van der Waals surface area (Å²) in [6, 6.07) is 0.526. The molecule has 2 atom stereocenters. The molecule has 2 fully saturated rings. The highest BCUT2D eigenvalue weighted by Crippen LogP contribution is 2.22. The van der Waals surface area contributed by atoms with Crippen LogP contribution in [0.1, 0.15) is 17.0 Å². The fourth-order valence-corrected chi connectivity index (χ4v) is 3.11. The van der Waals surface area contributed by atoms with E-state index in [-0.39, 0.29) is 12.4 Å². The number of halogens is 1. The lowest BCUT2D eigenvalue weighted by Gasteiger charge is -2.37. The summed E-state index contributed by atoms with van der Waals surface area (Å²) in [4.78, 5) is 2.55. The Hall–Kier alpha value is -0.620. The molecule has 0 aliphatic carbocycles. The molecule has 108 valence electrons. The number of fused-ring (bicyclic) bond motifs is 1. The lowest BCUT2D eigenvalue weighted by molar-refractivity contribution is -0.0501. The van der Waals surface area contributed by atoms with Gasteiger partial charge in [-0.05, 0) is 13.8 Å². The molecule has 0 unspecified atom stereocenters. The van der Waals surface area contributed by atoms with Crippen LogP contribution in [0.4, 0.5) is 0 Å². The third-order valence-electron chi connectivity index (χ3n) is 4.33. The van der Waals surface area contributed by atoms with E-state index in [4.69, 9.17) is 4.74 Å². The van der Waals surface area contributed by atoms with Crippen molar-refractivity contribution in [3.8, 4) is 0 Å². The zero-order valence-electron chi connectivity index (χ0n) is 11.8. The van der Waals surface area contributed by atoms with Gasteiger partial charge in [-0.25, -0.2) is 0 Å². The van der Waals surface area contributed by atoms with Crippen molar-refractivity contribution in [3.63, 3.8) is 0 Å². The number of nitrogens with one attached hydrogen (secondary N) is 1. The molecule has 2 aliphatic heterocycles. The Bertz CT molecular complexity index is 448. The summed E-state index contributed by atoms with van der Waals surface area (Å²) < 4.78 is 7.79. The Morgan fingerprint density at radius 3 is 2.84 bits per heavy atom. The van der Waals surface area contributed by atoms with Gasteiger partial charge in [-0.1, -0.05) is 0 Å². The number of hydrogen-bond acceptors (Lipinski definition) is 4. The smallest absolute Gasteiger partial charge is 0.0867 e. The van der Waals surface area contributed by atoms with Gasteiger partial charge < -0.3 is 10.1 Å². The first kappa shape index (κ1) is 14.8. The van der Waals surface area contributed by atoms with Gasteiger partial charge in [-0.2, -0.15) is 5.10 Å². The first-order valence-corrected chi connectivity index (χ1v) is 6.72. The second kappa shape index (κ2) is 5.79. The minimum Gasteiger partial charge on any atom is -0.374 e. The molecule has 6 heteroatoms. The number of aromatic nitrogens is 2. The van der Waals surface area contributed by atoms with Crippen molar-refractivity contribution in [3.05, 3.63) is 17.0 Å². The number of nitrogens with zero attached hydrogens (tertiary/aromatic N) is 3. The number of ether oxygens (including phenoxy) is 1. The minimum atomic E-state index is 0. The van der Waals surface area contributed by atoms with E-state index >= 15 is 0 Å². The average molecular weight is 287 g/mol. The molecule has 0 aromatic carbocycles. The molecule has 2 saturated heterocycles. The number of morpholine rings is 1. The van der Waals surface area contributed by atoms with Gasteiger partial charge in [0.15, 0.2) is 0 Å². The fraction of sp³-hybridized carbons (Fsp3) is 0.769. The summed E-state index contributed by atoms with van der Waals surface area (Å²) >= 11 is 0. The van der Waals surface area contributed by atoms with Crippen LogP contribution in [0, 0.1) is 13.8 Å². The van der Waals surface area contributed by atoms with Gasteiger partial charge >= 0.3 is 0 Å². The number of hydrogen-bond donors (Lipinski definition) is 1. The van der Waals surface area contributed by atoms with Crippen molar-refractivity contribution in [2.45, 2.75) is 32.5 Å². The largest absolute Gasteiger partial charge is 0.374 e. The number of aryl methyl sites for hydroxylation is 2. The highest BCUT2D eigenvalue weighted by Gasteiger charge is 2.36. The first-order valence-electron chi connectivity index (χ1n) is 6.72. The van der Waals surface area contributed by atoms with Crippen molar-refractivity contribution >= 4 is 12.4 Å². The third-order valence-corrected chi connectivity index (χ3v) is 4.33. The molecule has 2 aliphatic rings. The molecule has 1 aromatic rings. The summed E-state index contributed by atoms with van der Waals surface area (Å²) in [6.07, 6.45) is 0.371.